The van der Waals surface area contributed by atoms with Crippen LogP contribution in [0.2, 0.25) is 10.0 Å². The Morgan fingerprint density at radius 2 is 1.64 bits per heavy atom. The molecule has 1 atom stereocenters. The Hall–Kier alpha value is -3.07. The number of hydrogen-bond donors (Lipinski definition) is 1. The van der Waals surface area contributed by atoms with Crippen LogP contribution in [-0.2, 0) is 26.2 Å². The van der Waals surface area contributed by atoms with E-state index < -0.39 is 28.5 Å². The van der Waals surface area contributed by atoms with Crippen molar-refractivity contribution in [1.82, 2.24) is 10.2 Å². The Balaban J connectivity index is 1.75. The summed E-state index contributed by atoms with van der Waals surface area (Å²) in [5.74, 6) is -0.753. The topological polar surface area (TPSA) is 86.8 Å². The molecule has 1 fully saturated rings. The van der Waals surface area contributed by atoms with E-state index in [4.69, 9.17) is 23.2 Å². The maximum atomic E-state index is 14.3. The van der Waals surface area contributed by atoms with Gasteiger partial charge >= 0.3 is 0 Å². The lowest BCUT2D eigenvalue weighted by atomic mass is 10.1. The molecular weight excluding hydrogens is 593 g/mol. The molecule has 10 heteroatoms. The number of amides is 2. The summed E-state index contributed by atoms with van der Waals surface area (Å²) in [5.41, 5.74) is 2.64. The van der Waals surface area contributed by atoms with E-state index in [1.807, 2.05) is 32.9 Å². The molecule has 0 spiro atoms. The molecule has 0 unspecified atom stereocenters. The van der Waals surface area contributed by atoms with Crippen molar-refractivity contribution in [3.63, 3.8) is 0 Å². The fraction of sp³-hybridized carbons (Fsp3) is 0.375. The molecule has 4 rings (SSSR count). The fourth-order valence-corrected chi connectivity index (χ4v) is 7.16. The molecule has 42 heavy (non-hydrogen) atoms. The number of halogens is 2. The average Bonchev–Trinajstić information content (AvgIpc) is 3.48. The van der Waals surface area contributed by atoms with Gasteiger partial charge in [-0.3, -0.25) is 13.9 Å². The zero-order valence-corrected chi connectivity index (χ0v) is 26.5. The molecule has 3 aromatic carbocycles. The van der Waals surface area contributed by atoms with Gasteiger partial charge in [0.1, 0.15) is 12.6 Å². The van der Waals surface area contributed by atoms with E-state index in [0.29, 0.717) is 33.3 Å². The summed E-state index contributed by atoms with van der Waals surface area (Å²) in [6.07, 6.45) is 4.25. The lowest BCUT2D eigenvalue weighted by Gasteiger charge is -2.34. The van der Waals surface area contributed by atoms with Crippen molar-refractivity contribution >= 4 is 50.7 Å². The van der Waals surface area contributed by atoms with Gasteiger partial charge in [0.25, 0.3) is 10.0 Å². The third-order valence-corrected chi connectivity index (χ3v) is 10.2. The van der Waals surface area contributed by atoms with Crippen molar-refractivity contribution in [3.8, 4) is 0 Å². The van der Waals surface area contributed by atoms with Crippen LogP contribution in [-0.4, -0.2) is 43.8 Å². The van der Waals surface area contributed by atoms with Gasteiger partial charge in [0, 0.05) is 12.6 Å². The fourth-order valence-electron chi connectivity index (χ4n) is 5.34. The van der Waals surface area contributed by atoms with Crippen molar-refractivity contribution in [2.75, 3.05) is 10.8 Å². The van der Waals surface area contributed by atoms with Gasteiger partial charge in [-0.2, -0.15) is 0 Å². The first-order chi connectivity index (χ1) is 20.0. The minimum Gasteiger partial charge on any atom is -0.352 e. The van der Waals surface area contributed by atoms with Gasteiger partial charge in [0.15, 0.2) is 0 Å². The quantitative estimate of drug-likeness (QED) is 0.256. The number of nitrogens with one attached hydrogen (secondary N) is 1. The second kappa shape index (κ2) is 13.9. The SMILES string of the molecule is CC[C@H](C(=O)NC1CCCC1)N(Cc1ccc(Cl)c(Cl)c1)C(=O)CN(c1cc(C)ccc1C)S(=O)(=O)c1ccccc1. The Morgan fingerprint density at radius 3 is 2.29 bits per heavy atom. The molecule has 224 valence electrons. The Labute approximate surface area is 258 Å². The van der Waals surface area contributed by atoms with Crippen LogP contribution in [0.25, 0.3) is 0 Å². The summed E-state index contributed by atoms with van der Waals surface area (Å²) >= 11 is 12.4. The van der Waals surface area contributed by atoms with Crippen LogP contribution >= 0.6 is 23.2 Å². The summed E-state index contributed by atoms with van der Waals surface area (Å²) < 4.78 is 29.2. The number of sulfonamides is 1. The van der Waals surface area contributed by atoms with Crippen molar-refractivity contribution in [2.45, 2.75) is 76.4 Å². The molecule has 7 nitrogen and oxygen atoms in total. The van der Waals surface area contributed by atoms with Gasteiger partial charge in [-0.1, -0.05) is 79.4 Å². The minimum absolute atomic E-state index is 0.0539. The molecule has 1 aliphatic carbocycles. The summed E-state index contributed by atoms with van der Waals surface area (Å²) in [5, 5.41) is 3.82. The molecule has 0 aliphatic heterocycles. The van der Waals surface area contributed by atoms with Crippen LogP contribution in [0.4, 0.5) is 5.69 Å². The lowest BCUT2D eigenvalue weighted by Crippen LogP contribution is -2.53. The zero-order valence-electron chi connectivity index (χ0n) is 24.1. The first kappa shape index (κ1) is 31.9. The molecule has 0 radical (unpaired) electrons. The van der Waals surface area contributed by atoms with Crippen LogP contribution in [0.5, 0.6) is 0 Å². The van der Waals surface area contributed by atoms with Gasteiger partial charge in [-0.05, 0) is 80.1 Å². The minimum atomic E-state index is -4.13. The number of hydrogen-bond acceptors (Lipinski definition) is 4. The van der Waals surface area contributed by atoms with Gasteiger partial charge in [-0.15, -0.1) is 0 Å². The monoisotopic (exact) mass is 629 g/mol. The highest BCUT2D eigenvalue weighted by molar-refractivity contribution is 7.92. The number of benzene rings is 3. The standard InChI is InChI=1S/C32H37Cl2N3O4S/c1-4-29(32(39)35-25-10-8-9-11-25)36(20-24-16-17-27(33)28(34)19-24)31(38)21-37(30-18-22(2)14-15-23(30)3)42(40,41)26-12-6-5-7-13-26/h5-7,12-19,25,29H,4,8-11,20-21H2,1-3H3,(H,35,39)/t29-/m1/s1. The van der Waals surface area contributed by atoms with Crippen LogP contribution in [0, 0.1) is 13.8 Å². The van der Waals surface area contributed by atoms with E-state index >= 15 is 0 Å². The zero-order chi connectivity index (χ0) is 30.4. The van der Waals surface area contributed by atoms with E-state index in [9.17, 15) is 18.0 Å². The van der Waals surface area contributed by atoms with Crippen molar-refractivity contribution in [2.24, 2.45) is 0 Å². The van der Waals surface area contributed by atoms with Crippen LogP contribution < -0.4 is 9.62 Å². The maximum absolute atomic E-state index is 14.3. The van der Waals surface area contributed by atoms with Crippen molar-refractivity contribution in [1.29, 1.82) is 0 Å². The van der Waals surface area contributed by atoms with E-state index in [2.05, 4.69) is 5.32 Å². The number of anilines is 1. The highest BCUT2D eigenvalue weighted by Gasteiger charge is 2.35. The van der Waals surface area contributed by atoms with Gasteiger partial charge in [0.05, 0.1) is 20.6 Å². The van der Waals surface area contributed by atoms with Gasteiger partial charge < -0.3 is 10.2 Å². The first-order valence-electron chi connectivity index (χ1n) is 14.2. The van der Waals surface area contributed by atoms with Crippen molar-refractivity contribution < 1.29 is 18.0 Å². The molecule has 3 aromatic rings. The Morgan fingerprint density at radius 1 is 0.952 bits per heavy atom. The van der Waals surface area contributed by atoms with Crippen LogP contribution in [0.3, 0.4) is 0 Å². The normalized spacial score (nSPS) is 14.4. The highest BCUT2D eigenvalue weighted by Crippen LogP contribution is 2.29. The molecule has 1 saturated carbocycles. The Bertz CT molecular complexity index is 1530. The van der Waals surface area contributed by atoms with E-state index in [-0.39, 0.29) is 23.4 Å². The summed E-state index contributed by atoms with van der Waals surface area (Å²) in [6, 6.07) is 17.8. The smallest absolute Gasteiger partial charge is 0.264 e. The number of carbonyl (C=O) groups excluding carboxylic acids is 2. The number of carbonyl (C=O) groups is 2. The summed E-state index contributed by atoms with van der Waals surface area (Å²) in [7, 11) is -4.13. The van der Waals surface area contributed by atoms with Crippen LogP contribution in [0.15, 0.2) is 71.6 Å². The number of rotatable bonds is 11. The van der Waals surface area contributed by atoms with Gasteiger partial charge in [-0.25, -0.2) is 8.42 Å². The molecule has 0 aromatic heterocycles. The third kappa shape index (κ3) is 7.46. The first-order valence-corrected chi connectivity index (χ1v) is 16.4. The second-order valence-corrected chi connectivity index (χ2v) is 13.5. The molecule has 1 N–H and O–H groups in total. The largest absolute Gasteiger partial charge is 0.352 e. The Kier molecular flexibility index (Phi) is 10.6. The van der Waals surface area contributed by atoms with Gasteiger partial charge in [0.2, 0.25) is 11.8 Å². The van der Waals surface area contributed by atoms with Crippen LogP contribution in [0.1, 0.15) is 55.7 Å². The number of nitrogens with zero attached hydrogens (tertiary/aromatic N) is 2. The van der Waals surface area contributed by atoms with E-state index in [0.717, 1.165) is 35.6 Å². The highest BCUT2D eigenvalue weighted by atomic mass is 35.5. The second-order valence-electron chi connectivity index (χ2n) is 10.8. The molecular formula is C32H37Cl2N3O4S. The predicted molar refractivity (Wildman–Crippen MR) is 168 cm³/mol. The predicted octanol–water partition coefficient (Wildman–Crippen LogP) is 6.67. The van der Waals surface area contributed by atoms with E-state index in [1.165, 1.54) is 17.0 Å². The summed E-state index contributed by atoms with van der Waals surface area (Å²) in [6.45, 7) is 5.09. The molecule has 0 bridgehead atoms. The lowest BCUT2D eigenvalue weighted by molar-refractivity contribution is -0.140. The maximum Gasteiger partial charge on any atom is 0.264 e. The molecule has 0 heterocycles. The number of aryl methyl sites for hydroxylation is 2. The van der Waals surface area contributed by atoms with E-state index in [1.54, 1.807) is 42.5 Å². The summed E-state index contributed by atoms with van der Waals surface area (Å²) in [4.78, 5) is 29.4. The van der Waals surface area contributed by atoms with Crippen molar-refractivity contribution in [3.05, 3.63) is 93.5 Å². The molecule has 0 saturated heterocycles. The average molecular weight is 631 g/mol. The molecule has 2 amide bonds. The molecule has 1 aliphatic rings. The third-order valence-electron chi connectivity index (χ3n) is 7.67.